The average Bonchev–Trinajstić information content (AvgIpc) is 2.64. The van der Waals surface area contributed by atoms with Gasteiger partial charge in [-0.15, -0.1) is 0 Å². The van der Waals surface area contributed by atoms with Crippen LogP contribution in [0.25, 0.3) is 10.9 Å². The third-order valence-electron chi connectivity index (χ3n) is 2.47. The van der Waals surface area contributed by atoms with Gasteiger partial charge in [0.25, 0.3) is 0 Å². The minimum atomic E-state index is 0.510. The second-order valence-electron chi connectivity index (χ2n) is 3.63. The third-order valence-corrected chi connectivity index (χ3v) is 2.47. The van der Waals surface area contributed by atoms with E-state index in [0.29, 0.717) is 6.04 Å². The molecular weight excluding hydrogens is 174 g/mol. The predicted molar refractivity (Wildman–Crippen MR) is 59.5 cm³/mol. The number of rotatable bonds is 3. The molecule has 0 saturated heterocycles. The van der Waals surface area contributed by atoms with Gasteiger partial charge < -0.3 is 5.32 Å². The molecule has 3 nitrogen and oxygen atoms in total. The van der Waals surface area contributed by atoms with Crippen LogP contribution < -0.4 is 5.32 Å². The van der Waals surface area contributed by atoms with E-state index in [4.69, 9.17) is 0 Å². The summed E-state index contributed by atoms with van der Waals surface area (Å²) < 4.78 is 0. The molecule has 2 N–H and O–H groups in total. The van der Waals surface area contributed by atoms with Gasteiger partial charge in [0.05, 0.1) is 11.7 Å². The zero-order chi connectivity index (χ0) is 9.97. The van der Waals surface area contributed by atoms with Gasteiger partial charge in [0.1, 0.15) is 0 Å². The molecule has 0 spiro atoms. The molecule has 1 atom stereocenters. The van der Waals surface area contributed by atoms with E-state index < -0.39 is 0 Å². The lowest BCUT2D eigenvalue weighted by Crippen LogP contribution is -2.12. The van der Waals surface area contributed by atoms with E-state index in [9.17, 15) is 0 Å². The van der Waals surface area contributed by atoms with Gasteiger partial charge >= 0.3 is 0 Å². The van der Waals surface area contributed by atoms with E-state index in [1.54, 1.807) is 0 Å². The SMILES string of the molecule is CCC(C)Nc1ccc2cn[nH]c2c1. The normalized spacial score (nSPS) is 13.0. The van der Waals surface area contributed by atoms with Crippen molar-refractivity contribution >= 4 is 16.6 Å². The van der Waals surface area contributed by atoms with Crippen LogP contribution in [0.5, 0.6) is 0 Å². The first-order valence-corrected chi connectivity index (χ1v) is 4.99. The van der Waals surface area contributed by atoms with Crippen LogP contribution in [0.3, 0.4) is 0 Å². The summed E-state index contributed by atoms with van der Waals surface area (Å²) in [5.41, 5.74) is 2.23. The number of aromatic nitrogens is 2. The number of anilines is 1. The highest BCUT2D eigenvalue weighted by Crippen LogP contribution is 2.17. The number of hydrogen-bond acceptors (Lipinski definition) is 2. The summed E-state index contributed by atoms with van der Waals surface area (Å²) in [7, 11) is 0. The standard InChI is InChI=1S/C11H15N3/c1-3-8(2)13-10-5-4-9-7-12-14-11(9)6-10/h4-8,13H,3H2,1-2H3,(H,12,14). The maximum atomic E-state index is 3.99. The van der Waals surface area contributed by atoms with E-state index in [-0.39, 0.29) is 0 Å². The maximum Gasteiger partial charge on any atom is 0.0670 e. The molecule has 0 aliphatic carbocycles. The Morgan fingerprint density at radius 1 is 1.50 bits per heavy atom. The Morgan fingerprint density at radius 2 is 2.36 bits per heavy atom. The van der Waals surface area contributed by atoms with Gasteiger partial charge in [0.15, 0.2) is 0 Å². The van der Waals surface area contributed by atoms with Crippen molar-refractivity contribution in [3.63, 3.8) is 0 Å². The second kappa shape index (κ2) is 3.70. The Balaban J connectivity index is 2.25. The molecule has 1 unspecified atom stereocenters. The molecule has 3 heteroatoms. The molecule has 0 bridgehead atoms. The predicted octanol–water partition coefficient (Wildman–Crippen LogP) is 2.77. The summed E-state index contributed by atoms with van der Waals surface area (Å²) in [6.45, 7) is 4.35. The summed E-state index contributed by atoms with van der Waals surface area (Å²) in [5, 5.41) is 11.5. The lowest BCUT2D eigenvalue weighted by atomic mass is 10.2. The van der Waals surface area contributed by atoms with Crippen molar-refractivity contribution in [2.24, 2.45) is 0 Å². The topological polar surface area (TPSA) is 40.7 Å². The smallest absolute Gasteiger partial charge is 0.0670 e. The number of H-pyrrole nitrogens is 1. The van der Waals surface area contributed by atoms with E-state index in [1.807, 2.05) is 6.20 Å². The summed E-state index contributed by atoms with van der Waals surface area (Å²) in [6.07, 6.45) is 2.96. The summed E-state index contributed by atoms with van der Waals surface area (Å²) in [4.78, 5) is 0. The molecule has 1 heterocycles. The summed E-state index contributed by atoms with van der Waals surface area (Å²) in [6, 6.07) is 6.76. The molecule has 0 amide bonds. The van der Waals surface area contributed by atoms with E-state index in [0.717, 1.165) is 23.0 Å². The molecular formula is C11H15N3. The first-order chi connectivity index (χ1) is 6.79. The Morgan fingerprint density at radius 3 is 3.14 bits per heavy atom. The highest BCUT2D eigenvalue weighted by atomic mass is 15.1. The van der Waals surface area contributed by atoms with Crippen LogP contribution in [0.15, 0.2) is 24.4 Å². The van der Waals surface area contributed by atoms with Crippen LogP contribution >= 0.6 is 0 Å². The molecule has 2 rings (SSSR count). The lowest BCUT2D eigenvalue weighted by Gasteiger charge is -2.12. The first kappa shape index (κ1) is 9.06. The molecule has 0 fully saturated rings. The molecule has 0 saturated carbocycles. The van der Waals surface area contributed by atoms with Crippen molar-refractivity contribution in [1.29, 1.82) is 0 Å². The Kier molecular flexibility index (Phi) is 2.39. The zero-order valence-electron chi connectivity index (χ0n) is 8.54. The number of nitrogens with zero attached hydrogens (tertiary/aromatic N) is 1. The fraction of sp³-hybridized carbons (Fsp3) is 0.364. The van der Waals surface area contributed by atoms with Crippen LogP contribution in [0, 0.1) is 0 Å². The van der Waals surface area contributed by atoms with Crippen molar-refractivity contribution in [3.05, 3.63) is 24.4 Å². The molecule has 2 aromatic rings. The quantitative estimate of drug-likeness (QED) is 0.779. The molecule has 1 aromatic carbocycles. The van der Waals surface area contributed by atoms with Crippen LogP contribution in [-0.4, -0.2) is 16.2 Å². The molecule has 1 aromatic heterocycles. The van der Waals surface area contributed by atoms with Crippen molar-refractivity contribution < 1.29 is 0 Å². The van der Waals surface area contributed by atoms with Crippen LogP contribution in [0.2, 0.25) is 0 Å². The van der Waals surface area contributed by atoms with Gasteiger partial charge in [-0.3, -0.25) is 5.10 Å². The van der Waals surface area contributed by atoms with E-state index in [1.165, 1.54) is 0 Å². The lowest BCUT2D eigenvalue weighted by molar-refractivity contribution is 0.764. The van der Waals surface area contributed by atoms with Gasteiger partial charge in [-0.25, -0.2) is 0 Å². The number of hydrogen-bond donors (Lipinski definition) is 2. The van der Waals surface area contributed by atoms with Crippen molar-refractivity contribution in [1.82, 2.24) is 10.2 Å². The average molecular weight is 189 g/mol. The summed E-state index contributed by atoms with van der Waals surface area (Å²) in [5.74, 6) is 0. The molecule has 14 heavy (non-hydrogen) atoms. The fourth-order valence-corrected chi connectivity index (χ4v) is 1.41. The first-order valence-electron chi connectivity index (χ1n) is 4.99. The van der Waals surface area contributed by atoms with Crippen LogP contribution in [0.1, 0.15) is 20.3 Å². The highest BCUT2D eigenvalue weighted by Gasteiger charge is 2.00. The Hall–Kier alpha value is -1.51. The highest BCUT2D eigenvalue weighted by molar-refractivity contribution is 5.81. The second-order valence-corrected chi connectivity index (χ2v) is 3.63. The van der Waals surface area contributed by atoms with Crippen molar-refractivity contribution in [2.75, 3.05) is 5.32 Å². The Labute approximate surface area is 83.5 Å². The van der Waals surface area contributed by atoms with Gasteiger partial charge in [0, 0.05) is 17.1 Å². The number of fused-ring (bicyclic) bond motifs is 1. The Bertz CT molecular complexity index is 419. The van der Waals surface area contributed by atoms with E-state index in [2.05, 4.69) is 47.6 Å². The molecule has 0 aliphatic rings. The maximum absolute atomic E-state index is 3.99. The number of benzene rings is 1. The monoisotopic (exact) mass is 189 g/mol. The summed E-state index contributed by atoms with van der Waals surface area (Å²) >= 11 is 0. The number of nitrogens with one attached hydrogen (secondary N) is 2. The van der Waals surface area contributed by atoms with Gasteiger partial charge in [-0.1, -0.05) is 6.92 Å². The van der Waals surface area contributed by atoms with Crippen molar-refractivity contribution in [3.8, 4) is 0 Å². The van der Waals surface area contributed by atoms with Crippen LogP contribution in [0.4, 0.5) is 5.69 Å². The van der Waals surface area contributed by atoms with E-state index >= 15 is 0 Å². The fourth-order valence-electron chi connectivity index (χ4n) is 1.41. The molecule has 74 valence electrons. The van der Waals surface area contributed by atoms with Crippen LogP contribution in [-0.2, 0) is 0 Å². The number of aromatic amines is 1. The van der Waals surface area contributed by atoms with Gasteiger partial charge in [-0.2, -0.15) is 5.10 Å². The molecule has 0 radical (unpaired) electrons. The minimum Gasteiger partial charge on any atom is -0.383 e. The largest absolute Gasteiger partial charge is 0.383 e. The van der Waals surface area contributed by atoms with Crippen molar-refractivity contribution in [2.45, 2.75) is 26.3 Å². The third kappa shape index (κ3) is 1.71. The minimum absolute atomic E-state index is 0.510. The van der Waals surface area contributed by atoms with Gasteiger partial charge in [0.2, 0.25) is 0 Å². The molecule has 0 aliphatic heterocycles. The van der Waals surface area contributed by atoms with Gasteiger partial charge in [-0.05, 0) is 31.5 Å². The zero-order valence-corrected chi connectivity index (χ0v) is 8.54.